The molecule has 0 amide bonds. The van der Waals surface area contributed by atoms with E-state index in [1.807, 2.05) is 19.3 Å². The maximum Gasteiger partial charge on any atom is 0.0482 e. The van der Waals surface area contributed by atoms with Crippen molar-refractivity contribution < 1.29 is 0 Å². The molecule has 0 fully saturated rings. The molecule has 2 rings (SSSR count). The third-order valence-electron chi connectivity index (χ3n) is 4.36. The molecule has 1 heterocycles. The Labute approximate surface area is 128 Å². The van der Waals surface area contributed by atoms with Crippen LogP contribution in [0.1, 0.15) is 48.1 Å². The lowest BCUT2D eigenvalue weighted by Gasteiger charge is -2.26. The lowest BCUT2D eigenvalue weighted by Crippen LogP contribution is -2.24. The van der Waals surface area contributed by atoms with Crippen molar-refractivity contribution in [1.29, 1.82) is 0 Å². The number of aromatic nitrogens is 1. The van der Waals surface area contributed by atoms with Crippen LogP contribution in [0, 0.1) is 6.92 Å². The fraction of sp³-hybridized carbons (Fsp3) is 0.421. The third-order valence-corrected chi connectivity index (χ3v) is 4.36. The van der Waals surface area contributed by atoms with E-state index in [1.165, 1.54) is 22.4 Å². The van der Waals surface area contributed by atoms with Gasteiger partial charge in [-0.2, -0.15) is 0 Å². The van der Waals surface area contributed by atoms with Crippen LogP contribution in [0.25, 0.3) is 0 Å². The molecule has 0 aliphatic carbocycles. The van der Waals surface area contributed by atoms with Gasteiger partial charge in [0.2, 0.25) is 0 Å². The van der Waals surface area contributed by atoms with Crippen molar-refractivity contribution in [2.45, 2.75) is 39.0 Å². The highest BCUT2D eigenvalue weighted by atomic mass is 14.8. The first kappa shape index (κ1) is 15.7. The Kier molecular flexibility index (Phi) is 5.51. The highest BCUT2D eigenvalue weighted by Crippen LogP contribution is 2.34. The number of nitrogens with zero attached hydrogens (tertiary/aromatic N) is 1. The Bertz CT molecular complexity index is 577. The summed E-state index contributed by atoms with van der Waals surface area (Å²) in [5.41, 5.74) is 5.38. The van der Waals surface area contributed by atoms with Crippen LogP contribution < -0.4 is 5.32 Å². The molecule has 1 unspecified atom stereocenters. The summed E-state index contributed by atoms with van der Waals surface area (Å²) in [6.45, 7) is 7.65. The van der Waals surface area contributed by atoms with Gasteiger partial charge in [0.15, 0.2) is 0 Å². The van der Waals surface area contributed by atoms with Gasteiger partial charge < -0.3 is 5.32 Å². The van der Waals surface area contributed by atoms with E-state index >= 15 is 0 Å². The van der Waals surface area contributed by atoms with Crippen LogP contribution in [0.3, 0.4) is 0 Å². The largest absolute Gasteiger partial charge is 0.319 e. The van der Waals surface area contributed by atoms with Gasteiger partial charge in [-0.25, -0.2) is 0 Å². The lowest BCUT2D eigenvalue weighted by molar-refractivity contribution is 0.527. The number of hydrogen-bond acceptors (Lipinski definition) is 2. The summed E-state index contributed by atoms with van der Waals surface area (Å²) in [5, 5.41) is 3.34. The molecular formula is C19H26N2. The quantitative estimate of drug-likeness (QED) is 0.864. The highest BCUT2D eigenvalue weighted by Gasteiger charge is 2.24. The maximum atomic E-state index is 4.66. The monoisotopic (exact) mass is 282 g/mol. The van der Waals surface area contributed by atoms with Gasteiger partial charge in [-0.3, -0.25) is 4.98 Å². The Hall–Kier alpha value is -1.67. The standard InChI is InChI=1S/C19H26N2/c1-5-16-10-6-7-11-17(16)15(3)18(13-20-4)19-14(2)9-8-12-21-19/h6-12,15,18,20H,5,13H2,1-4H3/t15-,18?/m0/s1. The van der Waals surface area contributed by atoms with Crippen molar-refractivity contribution >= 4 is 0 Å². The number of aryl methyl sites for hydroxylation is 2. The summed E-state index contributed by atoms with van der Waals surface area (Å²) in [7, 11) is 2.02. The van der Waals surface area contributed by atoms with E-state index in [0.29, 0.717) is 11.8 Å². The second kappa shape index (κ2) is 7.37. The Morgan fingerprint density at radius 2 is 1.90 bits per heavy atom. The third kappa shape index (κ3) is 3.51. The molecule has 0 aliphatic rings. The molecule has 21 heavy (non-hydrogen) atoms. The molecular weight excluding hydrogens is 256 g/mol. The summed E-state index contributed by atoms with van der Waals surface area (Å²) in [6, 6.07) is 13.0. The van der Waals surface area contributed by atoms with Gasteiger partial charge in [0.1, 0.15) is 0 Å². The number of likely N-dealkylation sites (N-methyl/N-ethyl adjacent to an activating group) is 1. The average Bonchev–Trinajstić information content (AvgIpc) is 2.53. The minimum absolute atomic E-state index is 0.392. The molecule has 2 atom stereocenters. The zero-order valence-corrected chi connectivity index (χ0v) is 13.6. The summed E-state index contributed by atoms with van der Waals surface area (Å²) in [6.07, 6.45) is 2.98. The van der Waals surface area contributed by atoms with Crippen LogP contribution in [-0.2, 0) is 6.42 Å². The van der Waals surface area contributed by atoms with E-state index in [9.17, 15) is 0 Å². The first-order valence-corrected chi connectivity index (χ1v) is 7.82. The van der Waals surface area contributed by atoms with Gasteiger partial charge >= 0.3 is 0 Å². The summed E-state index contributed by atoms with van der Waals surface area (Å²) >= 11 is 0. The molecule has 0 saturated heterocycles. The van der Waals surface area contributed by atoms with Crippen molar-refractivity contribution in [3.8, 4) is 0 Å². The first-order valence-electron chi connectivity index (χ1n) is 7.82. The summed E-state index contributed by atoms with van der Waals surface area (Å²) < 4.78 is 0. The van der Waals surface area contributed by atoms with Gasteiger partial charge in [0.25, 0.3) is 0 Å². The number of rotatable bonds is 6. The van der Waals surface area contributed by atoms with Crippen molar-refractivity contribution in [3.05, 3.63) is 65.0 Å². The van der Waals surface area contributed by atoms with Gasteiger partial charge in [-0.05, 0) is 49.1 Å². The van der Waals surface area contributed by atoms with Crippen molar-refractivity contribution in [2.75, 3.05) is 13.6 Å². The van der Waals surface area contributed by atoms with E-state index in [-0.39, 0.29) is 0 Å². The summed E-state index contributed by atoms with van der Waals surface area (Å²) in [4.78, 5) is 4.66. The molecule has 0 spiro atoms. The molecule has 1 aromatic heterocycles. The van der Waals surface area contributed by atoms with Gasteiger partial charge in [0.05, 0.1) is 0 Å². The van der Waals surface area contributed by atoms with E-state index in [1.54, 1.807) is 0 Å². The maximum absolute atomic E-state index is 4.66. The minimum atomic E-state index is 0.392. The number of benzene rings is 1. The van der Waals surface area contributed by atoms with Crippen LogP contribution in [0.5, 0.6) is 0 Å². The first-order chi connectivity index (χ1) is 10.2. The van der Waals surface area contributed by atoms with Crippen molar-refractivity contribution in [3.63, 3.8) is 0 Å². The van der Waals surface area contributed by atoms with E-state index in [4.69, 9.17) is 0 Å². The van der Waals surface area contributed by atoms with Crippen LogP contribution in [0.2, 0.25) is 0 Å². The molecule has 0 bridgehead atoms. The van der Waals surface area contributed by atoms with Crippen LogP contribution in [-0.4, -0.2) is 18.6 Å². The zero-order chi connectivity index (χ0) is 15.2. The van der Waals surface area contributed by atoms with Crippen LogP contribution in [0.15, 0.2) is 42.6 Å². The Balaban J connectivity index is 2.40. The molecule has 1 aromatic carbocycles. The molecule has 112 valence electrons. The molecule has 0 radical (unpaired) electrons. The normalized spacial score (nSPS) is 13.9. The van der Waals surface area contributed by atoms with Crippen molar-refractivity contribution in [1.82, 2.24) is 10.3 Å². The van der Waals surface area contributed by atoms with E-state index in [0.717, 1.165) is 13.0 Å². The Morgan fingerprint density at radius 1 is 1.14 bits per heavy atom. The van der Waals surface area contributed by atoms with Gasteiger partial charge in [-0.1, -0.05) is 44.2 Å². The van der Waals surface area contributed by atoms with Gasteiger partial charge in [0, 0.05) is 24.4 Å². The van der Waals surface area contributed by atoms with Crippen LogP contribution in [0.4, 0.5) is 0 Å². The van der Waals surface area contributed by atoms with Crippen LogP contribution >= 0.6 is 0 Å². The lowest BCUT2D eigenvalue weighted by atomic mass is 9.81. The predicted octanol–water partition coefficient (Wildman–Crippen LogP) is 4.06. The number of pyridine rings is 1. The zero-order valence-electron chi connectivity index (χ0n) is 13.6. The molecule has 0 saturated carbocycles. The minimum Gasteiger partial charge on any atom is -0.319 e. The molecule has 2 heteroatoms. The van der Waals surface area contributed by atoms with Crippen molar-refractivity contribution in [2.24, 2.45) is 0 Å². The Morgan fingerprint density at radius 3 is 2.57 bits per heavy atom. The fourth-order valence-corrected chi connectivity index (χ4v) is 3.13. The highest BCUT2D eigenvalue weighted by molar-refractivity contribution is 5.34. The smallest absolute Gasteiger partial charge is 0.0482 e. The molecule has 2 aromatic rings. The fourth-order valence-electron chi connectivity index (χ4n) is 3.13. The summed E-state index contributed by atoms with van der Waals surface area (Å²) in [5.74, 6) is 0.839. The second-order valence-corrected chi connectivity index (χ2v) is 5.71. The number of nitrogens with one attached hydrogen (secondary N) is 1. The second-order valence-electron chi connectivity index (χ2n) is 5.71. The SMILES string of the molecule is CCc1ccccc1[C@H](C)C(CNC)c1ncccc1C. The average molecular weight is 282 g/mol. The van der Waals surface area contributed by atoms with E-state index in [2.05, 4.69) is 61.4 Å². The molecule has 1 N–H and O–H groups in total. The van der Waals surface area contributed by atoms with E-state index < -0.39 is 0 Å². The van der Waals surface area contributed by atoms with Gasteiger partial charge in [-0.15, -0.1) is 0 Å². The molecule has 2 nitrogen and oxygen atoms in total. The predicted molar refractivity (Wildman–Crippen MR) is 89.9 cm³/mol. The number of hydrogen-bond donors (Lipinski definition) is 1. The molecule has 0 aliphatic heterocycles. The topological polar surface area (TPSA) is 24.9 Å².